The molecule has 2 rings (SSSR count). The van der Waals surface area contributed by atoms with Gasteiger partial charge in [0.05, 0.1) is 22.1 Å². The van der Waals surface area contributed by atoms with Gasteiger partial charge in [-0.1, -0.05) is 36.2 Å². The molecule has 6 nitrogen and oxygen atoms in total. The second-order valence-corrected chi connectivity index (χ2v) is 7.80. The predicted octanol–water partition coefficient (Wildman–Crippen LogP) is 4.10. The van der Waals surface area contributed by atoms with E-state index in [-0.39, 0.29) is 34.2 Å². The van der Waals surface area contributed by atoms with Gasteiger partial charge in [0.15, 0.2) is 0 Å². The number of carbonyl (C=O) groups excluding carboxylic acids is 3. The van der Waals surface area contributed by atoms with Crippen LogP contribution in [-0.4, -0.2) is 35.8 Å². The molecule has 0 aromatic heterocycles. The maximum Gasteiger partial charge on any atom is 0.252 e. The zero-order valence-electron chi connectivity index (χ0n) is 16.4. The second kappa shape index (κ2) is 11.5. The Kier molecular flexibility index (Phi) is 9.02. The van der Waals surface area contributed by atoms with E-state index in [1.165, 1.54) is 17.8 Å². The number of hydrogen-bond donors (Lipinski definition) is 3. The Bertz CT molecular complexity index is 872. The normalized spacial score (nSPS) is 10.3. The third kappa shape index (κ3) is 7.79. The largest absolute Gasteiger partial charge is 0.352 e. The lowest BCUT2D eigenvalue weighted by molar-refractivity contribution is -0.114. The summed E-state index contributed by atoms with van der Waals surface area (Å²) >= 11 is 7.36. The summed E-state index contributed by atoms with van der Waals surface area (Å²) in [5, 5.41) is 8.52. The molecule has 0 aliphatic rings. The van der Waals surface area contributed by atoms with Crippen LogP contribution in [0.4, 0.5) is 11.4 Å². The number of anilines is 2. The first kappa shape index (κ1) is 22.8. The van der Waals surface area contributed by atoms with Gasteiger partial charge in [0.1, 0.15) is 0 Å². The molecule has 2 aromatic rings. The third-order valence-corrected chi connectivity index (χ3v) is 5.08. The summed E-state index contributed by atoms with van der Waals surface area (Å²) in [6.07, 6.45) is 0.832. The molecule has 0 atom stereocenters. The highest BCUT2D eigenvalue weighted by molar-refractivity contribution is 8.00. The van der Waals surface area contributed by atoms with Crippen molar-refractivity contribution in [2.24, 2.45) is 0 Å². The molecule has 0 aliphatic carbocycles. The number of nitrogens with one attached hydrogen (secondary N) is 3. The zero-order valence-corrected chi connectivity index (χ0v) is 18.0. The van der Waals surface area contributed by atoms with Gasteiger partial charge in [-0.25, -0.2) is 0 Å². The van der Waals surface area contributed by atoms with Crippen molar-refractivity contribution in [1.82, 2.24) is 5.32 Å². The molecule has 3 N–H and O–H groups in total. The average Bonchev–Trinajstić information content (AvgIpc) is 2.68. The Hall–Kier alpha value is -2.51. The Morgan fingerprint density at radius 2 is 1.52 bits per heavy atom. The molecule has 0 unspecified atom stereocenters. The van der Waals surface area contributed by atoms with Crippen molar-refractivity contribution >= 4 is 52.5 Å². The van der Waals surface area contributed by atoms with Gasteiger partial charge < -0.3 is 16.0 Å². The fourth-order valence-electron chi connectivity index (χ4n) is 2.38. The number of aryl methyl sites for hydroxylation is 1. The standard InChI is InChI=1S/C21H24ClN3O3S/c1-3-10-23-21(28)17-9-8-16(11-18(17)22)25-20(27)13-29-12-19(26)24-15-6-4-14(2)5-7-15/h4-9,11H,3,10,12-13H2,1-2H3,(H,23,28)(H,24,26)(H,25,27). The number of thioether (sulfide) groups is 1. The first-order valence-electron chi connectivity index (χ1n) is 9.21. The minimum Gasteiger partial charge on any atom is -0.352 e. The molecule has 0 aliphatic heterocycles. The van der Waals surface area contributed by atoms with Crippen LogP contribution < -0.4 is 16.0 Å². The van der Waals surface area contributed by atoms with Gasteiger partial charge in [-0.05, 0) is 43.7 Å². The lowest BCUT2D eigenvalue weighted by Gasteiger charge is -2.09. The van der Waals surface area contributed by atoms with Crippen LogP contribution in [0.5, 0.6) is 0 Å². The van der Waals surface area contributed by atoms with Gasteiger partial charge in [0.2, 0.25) is 11.8 Å². The molecule has 0 saturated carbocycles. The molecule has 0 radical (unpaired) electrons. The first-order valence-corrected chi connectivity index (χ1v) is 10.7. The number of rotatable bonds is 9. The fourth-order valence-corrected chi connectivity index (χ4v) is 3.26. The molecule has 0 fully saturated rings. The van der Waals surface area contributed by atoms with Crippen molar-refractivity contribution in [2.45, 2.75) is 20.3 Å². The smallest absolute Gasteiger partial charge is 0.252 e. The van der Waals surface area contributed by atoms with E-state index in [0.29, 0.717) is 17.8 Å². The van der Waals surface area contributed by atoms with Crippen molar-refractivity contribution in [3.05, 3.63) is 58.6 Å². The molecule has 2 aromatic carbocycles. The van der Waals surface area contributed by atoms with Crippen LogP contribution in [-0.2, 0) is 9.59 Å². The van der Waals surface area contributed by atoms with E-state index in [0.717, 1.165) is 17.7 Å². The number of amides is 3. The zero-order chi connectivity index (χ0) is 21.2. The van der Waals surface area contributed by atoms with Gasteiger partial charge >= 0.3 is 0 Å². The topological polar surface area (TPSA) is 87.3 Å². The number of halogens is 1. The van der Waals surface area contributed by atoms with E-state index >= 15 is 0 Å². The Morgan fingerprint density at radius 1 is 0.931 bits per heavy atom. The van der Waals surface area contributed by atoms with Gasteiger partial charge in [-0.2, -0.15) is 0 Å². The molecule has 0 saturated heterocycles. The molecule has 154 valence electrons. The van der Waals surface area contributed by atoms with Crippen molar-refractivity contribution < 1.29 is 14.4 Å². The van der Waals surface area contributed by atoms with Crippen LogP contribution in [0.2, 0.25) is 5.02 Å². The number of benzene rings is 2. The molecule has 8 heteroatoms. The summed E-state index contributed by atoms with van der Waals surface area (Å²) in [6.45, 7) is 4.51. The molecule has 0 spiro atoms. The molecule has 3 amide bonds. The lowest BCUT2D eigenvalue weighted by atomic mass is 10.2. The lowest BCUT2D eigenvalue weighted by Crippen LogP contribution is -2.24. The maximum atomic E-state index is 12.1. The predicted molar refractivity (Wildman–Crippen MR) is 120 cm³/mol. The van der Waals surface area contributed by atoms with Crippen LogP contribution in [0.3, 0.4) is 0 Å². The quantitative estimate of drug-likeness (QED) is 0.555. The van der Waals surface area contributed by atoms with Crippen molar-refractivity contribution in [3.8, 4) is 0 Å². The highest BCUT2D eigenvalue weighted by Crippen LogP contribution is 2.21. The fraction of sp³-hybridized carbons (Fsp3) is 0.286. The SMILES string of the molecule is CCCNC(=O)c1ccc(NC(=O)CSCC(=O)Nc2ccc(C)cc2)cc1Cl. The summed E-state index contributed by atoms with van der Waals surface area (Å²) in [6, 6.07) is 12.2. The van der Waals surface area contributed by atoms with Gasteiger partial charge in [-0.15, -0.1) is 11.8 Å². The summed E-state index contributed by atoms with van der Waals surface area (Å²) in [7, 11) is 0. The van der Waals surface area contributed by atoms with E-state index in [4.69, 9.17) is 11.6 Å². The maximum absolute atomic E-state index is 12.1. The van der Waals surface area contributed by atoms with E-state index in [9.17, 15) is 14.4 Å². The Labute approximate surface area is 179 Å². The monoisotopic (exact) mass is 433 g/mol. The summed E-state index contributed by atoms with van der Waals surface area (Å²) in [4.78, 5) is 36.0. The van der Waals surface area contributed by atoms with Crippen LogP contribution in [0.15, 0.2) is 42.5 Å². The van der Waals surface area contributed by atoms with Crippen molar-refractivity contribution in [1.29, 1.82) is 0 Å². The second-order valence-electron chi connectivity index (χ2n) is 6.41. The minimum absolute atomic E-state index is 0.123. The number of hydrogen-bond acceptors (Lipinski definition) is 4. The Balaban J connectivity index is 1.77. The van der Waals surface area contributed by atoms with Gasteiger partial charge in [-0.3, -0.25) is 14.4 Å². The van der Waals surface area contributed by atoms with Crippen LogP contribution in [0.1, 0.15) is 29.3 Å². The molecule has 0 bridgehead atoms. The van der Waals surface area contributed by atoms with Gasteiger partial charge in [0, 0.05) is 17.9 Å². The summed E-state index contributed by atoms with van der Waals surface area (Å²) in [5.41, 5.74) is 2.70. The van der Waals surface area contributed by atoms with E-state index < -0.39 is 0 Å². The van der Waals surface area contributed by atoms with Crippen molar-refractivity contribution in [2.75, 3.05) is 28.7 Å². The summed E-state index contributed by atoms with van der Waals surface area (Å²) in [5.74, 6) is -0.379. The third-order valence-electron chi connectivity index (χ3n) is 3.83. The summed E-state index contributed by atoms with van der Waals surface area (Å²) < 4.78 is 0. The van der Waals surface area contributed by atoms with E-state index in [2.05, 4.69) is 16.0 Å². The van der Waals surface area contributed by atoms with E-state index in [1.54, 1.807) is 12.1 Å². The average molecular weight is 434 g/mol. The molecular weight excluding hydrogens is 410 g/mol. The molecule has 0 heterocycles. The van der Waals surface area contributed by atoms with Crippen LogP contribution >= 0.6 is 23.4 Å². The highest BCUT2D eigenvalue weighted by Gasteiger charge is 2.12. The van der Waals surface area contributed by atoms with Crippen LogP contribution in [0, 0.1) is 6.92 Å². The van der Waals surface area contributed by atoms with Gasteiger partial charge in [0.25, 0.3) is 5.91 Å². The highest BCUT2D eigenvalue weighted by atomic mass is 35.5. The first-order chi connectivity index (χ1) is 13.9. The molecular formula is C21H24ClN3O3S. The Morgan fingerprint density at radius 3 is 2.10 bits per heavy atom. The number of carbonyl (C=O) groups is 3. The van der Waals surface area contributed by atoms with Crippen molar-refractivity contribution in [3.63, 3.8) is 0 Å². The minimum atomic E-state index is -0.252. The van der Waals surface area contributed by atoms with Crippen LogP contribution in [0.25, 0.3) is 0 Å². The molecule has 29 heavy (non-hydrogen) atoms. The van der Waals surface area contributed by atoms with E-state index in [1.807, 2.05) is 38.1 Å².